The number of aliphatic hydroxyl groups excluding tert-OH is 3. The number of halogens is 1. The lowest BCUT2D eigenvalue weighted by molar-refractivity contribution is -0.0194. The summed E-state index contributed by atoms with van der Waals surface area (Å²) < 4.78 is 0. The molecule has 0 amide bonds. The zero-order valence-electron chi connectivity index (χ0n) is 14.5. The van der Waals surface area contributed by atoms with E-state index in [1.165, 1.54) is 0 Å². The number of benzene rings is 2. The second kappa shape index (κ2) is 7.32. The van der Waals surface area contributed by atoms with Crippen molar-refractivity contribution in [2.24, 2.45) is 0 Å². The van der Waals surface area contributed by atoms with Crippen LogP contribution in [0.15, 0.2) is 54.6 Å². The molecule has 0 bridgehead atoms. The van der Waals surface area contributed by atoms with Crippen molar-refractivity contribution in [2.45, 2.75) is 24.8 Å². The van der Waals surface area contributed by atoms with Crippen LogP contribution in [0.25, 0.3) is 11.4 Å². The van der Waals surface area contributed by atoms with Crippen LogP contribution in [0.3, 0.4) is 0 Å². The number of aliphatic hydroxyl groups is 3. The maximum absolute atomic E-state index is 10.5. The zero-order chi connectivity index (χ0) is 19.0. The summed E-state index contributed by atoms with van der Waals surface area (Å²) in [6.07, 6.45) is -2.29. The van der Waals surface area contributed by atoms with E-state index in [0.29, 0.717) is 28.9 Å². The molecule has 27 heavy (non-hydrogen) atoms. The molecule has 7 heteroatoms. The number of nitrogens with one attached hydrogen (secondary N) is 1. The highest BCUT2D eigenvalue weighted by atomic mass is 35.5. The van der Waals surface area contributed by atoms with Gasteiger partial charge in [-0.2, -0.15) is 0 Å². The van der Waals surface area contributed by atoms with E-state index < -0.39 is 18.2 Å². The summed E-state index contributed by atoms with van der Waals surface area (Å²) in [5, 5.41) is 31.5. The molecule has 0 saturated heterocycles. The molecule has 0 saturated carbocycles. The zero-order valence-corrected chi connectivity index (χ0v) is 15.2. The Bertz CT molecular complexity index is 914. The van der Waals surface area contributed by atoms with E-state index >= 15 is 0 Å². The van der Waals surface area contributed by atoms with Crippen LogP contribution in [0.1, 0.15) is 17.4 Å². The average Bonchev–Trinajstić information content (AvgIpc) is 3.13. The van der Waals surface area contributed by atoms with Gasteiger partial charge >= 0.3 is 0 Å². The summed E-state index contributed by atoms with van der Waals surface area (Å²) in [4.78, 5) is 9.61. The van der Waals surface area contributed by atoms with E-state index in [1.54, 1.807) is 12.1 Å². The SMILES string of the molecule is OC[C@H]1[C@H](O)[C@H](O)c2[nH]c(-c3ccc(Cl)cc3)nc2N1Cc1ccccc1. The first-order chi connectivity index (χ1) is 13.1. The van der Waals surface area contributed by atoms with Crippen LogP contribution < -0.4 is 4.90 Å². The molecule has 1 aromatic heterocycles. The van der Waals surface area contributed by atoms with Gasteiger partial charge in [0, 0.05) is 17.1 Å². The van der Waals surface area contributed by atoms with Gasteiger partial charge in [-0.05, 0) is 29.8 Å². The number of hydrogen-bond donors (Lipinski definition) is 4. The van der Waals surface area contributed by atoms with Crippen molar-refractivity contribution in [3.05, 3.63) is 70.9 Å². The quantitative estimate of drug-likeness (QED) is 0.554. The number of anilines is 1. The van der Waals surface area contributed by atoms with E-state index in [4.69, 9.17) is 11.6 Å². The maximum Gasteiger partial charge on any atom is 0.154 e. The number of fused-ring (bicyclic) bond motifs is 1. The molecule has 6 nitrogen and oxygen atoms in total. The Kier molecular flexibility index (Phi) is 4.88. The number of rotatable bonds is 4. The Morgan fingerprint density at radius 3 is 2.41 bits per heavy atom. The minimum absolute atomic E-state index is 0.298. The highest BCUT2D eigenvalue weighted by molar-refractivity contribution is 6.30. The average molecular weight is 386 g/mol. The molecule has 4 N–H and O–H groups in total. The van der Waals surface area contributed by atoms with Crippen molar-refractivity contribution in [2.75, 3.05) is 11.5 Å². The van der Waals surface area contributed by atoms with Crippen molar-refractivity contribution in [1.82, 2.24) is 9.97 Å². The van der Waals surface area contributed by atoms with Crippen LogP contribution in [-0.4, -0.2) is 44.0 Å². The molecule has 2 heterocycles. The molecule has 4 rings (SSSR count). The third kappa shape index (κ3) is 3.33. The van der Waals surface area contributed by atoms with Gasteiger partial charge in [-0.25, -0.2) is 4.98 Å². The van der Waals surface area contributed by atoms with Crippen LogP contribution in [-0.2, 0) is 6.54 Å². The number of imidazole rings is 1. The predicted molar refractivity (Wildman–Crippen MR) is 103 cm³/mol. The van der Waals surface area contributed by atoms with Crippen molar-refractivity contribution < 1.29 is 15.3 Å². The van der Waals surface area contributed by atoms with E-state index in [2.05, 4.69) is 9.97 Å². The first-order valence-electron chi connectivity index (χ1n) is 8.72. The lowest BCUT2D eigenvalue weighted by atomic mass is 9.96. The minimum Gasteiger partial charge on any atom is -0.394 e. The number of aromatic amines is 1. The lowest BCUT2D eigenvalue weighted by Crippen LogP contribution is -2.52. The van der Waals surface area contributed by atoms with Crippen LogP contribution in [0.2, 0.25) is 5.02 Å². The third-order valence-corrected chi connectivity index (χ3v) is 5.15. The van der Waals surface area contributed by atoms with Gasteiger partial charge < -0.3 is 25.2 Å². The smallest absolute Gasteiger partial charge is 0.154 e. The fourth-order valence-corrected chi connectivity index (χ4v) is 3.57. The normalized spacial score (nSPS) is 21.9. The summed E-state index contributed by atoms with van der Waals surface area (Å²) >= 11 is 5.95. The van der Waals surface area contributed by atoms with Gasteiger partial charge in [0.15, 0.2) is 5.82 Å². The molecule has 2 aromatic carbocycles. The first-order valence-corrected chi connectivity index (χ1v) is 9.09. The van der Waals surface area contributed by atoms with Gasteiger partial charge in [0.2, 0.25) is 0 Å². The maximum atomic E-state index is 10.5. The van der Waals surface area contributed by atoms with Crippen LogP contribution in [0.5, 0.6) is 0 Å². The Hall–Kier alpha value is -2.38. The molecular formula is C20H20ClN3O3. The fraction of sp³-hybridized carbons (Fsp3) is 0.250. The number of hydrogen-bond acceptors (Lipinski definition) is 5. The largest absolute Gasteiger partial charge is 0.394 e. The molecule has 1 aliphatic heterocycles. The molecule has 3 atom stereocenters. The van der Waals surface area contributed by atoms with E-state index in [1.807, 2.05) is 47.4 Å². The summed E-state index contributed by atoms with van der Waals surface area (Å²) in [7, 11) is 0. The summed E-state index contributed by atoms with van der Waals surface area (Å²) in [6, 6.07) is 16.3. The van der Waals surface area contributed by atoms with Gasteiger partial charge in [0.25, 0.3) is 0 Å². The summed E-state index contributed by atoms with van der Waals surface area (Å²) in [6.45, 7) is 0.154. The van der Waals surface area contributed by atoms with Crippen molar-refractivity contribution >= 4 is 17.4 Å². The van der Waals surface area contributed by atoms with E-state index in [9.17, 15) is 15.3 Å². The monoisotopic (exact) mass is 385 g/mol. The molecule has 3 aromatic rings. The van der Waals surface area contributed by atoms with E-state index in [0.717, 1.165) is 11.1 Å². The summed E-state index contributed by atoms with van der Waals surface area (Å²) in [5.74, 6) is 1.10. The standard InChI is InChI=1S/C20H20ClN3O3/c21-14-8-6-13(7-9-14)19-22-16-18(27)17(26)15(11-25)24(20(16)23-19)10-12-4-2-1-3-5-12/h1-9,15,17-18,25-27H,10-11H2,(H,22,23)/t15-,17-,18+/m0/s1. The number of H-pyrrole nitrogens is 1. The van der Waals surface area contributed by atoms with Gasteiger partial charge in [0.05, 0.1) is 18.3 Å². The second-order valence-corrected chi connectivity index (χ2v) is 7.06. The van der Waals surface area contributed by atoms with E-state index in [-0.39, 0.29) is 6.61 Å². The van der Waals surface area contributed by atoms with Gasteiger partial charge in [0.1, 0.15) is 18.0 Å². The Morgan fingerprint density at radius 2 is 1.74 bits per heavy atom. The predicted octanol–water partition coefficient (Wildman–Crippen LogP) is 2.51. The molecule has 0 unspecified atom stereocenters. The third-order valence-electron chi connectivity index (χ3n) is 4.90. The summed E-state index contributed by atoms with van der Waals surface area (Å²) in [5.41, 5.74) is 2.27. The van der Waals surface area contributed by atoms with Crippen LogP contribution in [0.4, 0.5) is 5.82 Å². The highest BCUT2D eigenvalue weighted by Gasteiger charge is 2.41. The minimum atomic E-state index is -1.15. The number of aromatic nitrogens is 2. The molecule has 0 radical (unpaired) electrons. The molecule has 0 spiro atoms. The van der Waals surface area contributed by atoms with Gasteiger partial charge in [-0.3, -0.25) is 0 Å². The van der Waals surface area contributed by atoms with Gasteiger partial charge in [-0.1, -0.05) is 41.9 Å². The van der Waals surface area contributed by atoms with Crippen molar-refractivity contribution in [1.29, 1.82) is 0 Å². The molecular weight excluding hydrogens is 366 g/mol. The number of nitrogens with zero attached hydrogens (tertiary/aromatic N) is 2. The fourth-order valence-electron chi connectivity index (χ4n) is 3.45. The Labute approximate surface area is 161 Å². The second-order valence-electron chi connectivity index (χ2n) is 6.63. The highest BCUT2D eigenvalue weighted by Crippen LogP contribution is 2.38. The Balaban J connectivity index is 1.77. The molecule has 1 aliphatic rings. The topological polar surface area (TPSA) is 92.6 Å². The van der Waals surface area contributed by atoms with Crippen molar-refractivity contribution in [3.63, 3.8) is 0 Å². The first kappa shape index (κ1) is 18.0. The molecule has 140 valence electrons. The van der Waals surface area contributed by atoms with Gasteiger partial charge in [-0.15, -0.1) is 0 Å². The van der Waals surface area contributed by atoms with Crippen molar-refractivity contribution in [3.8, 4) is 11.4 Å². The Morgan fingerprint density at radius 1 is 1.04 bits per heavy atom. The van der Waals surface area contributed by atoms with Crippen LogP contribution >= 0.6 is 11.6 Å². The molecule has 0 fully saturated rings. The van der Waals surface area contributed by atoms with Crippen LogP contribution in [0, 0.1) is 0 Å². The lowest BCUT2D eigenvalue weighted by Gasteiger charge is -2.40. The molecule has 0 aliphatic carbocycles.